The van der Waals surface area contributed by atoms with Crippen LogP contribution in [0.4, 0.5) is 4.39 Å². The summed E-state index contributed by atoms with van der Waals surface area (Å²) in [4.78, 5) is 16.4. The molecular formula is C18H25ClFN3O. The van der Waals surface area contributed by atoms with Crippen molar-refractivity contribution in [3.05, 3.63) is 34.6 Å². The molecule has 4 nitrogen and oxygen atoms in total. The number of nitrogens with one attached hydrogen (secondary N) is 1. The van der Waals surface area contributed by atoms with E-state index in [4.69, 9.17) is 11.6 Å². The molecule has 6 heteroatoms. The molecule has 2 aliphatic rings. The monoisotopic (exact) mass is 353 g/mol. The summed E-state index contributed by atoms with van der Waals surface area (Å²) >= 11 is 6.09. The van der Waals surface area contributed by atoms with Crippen LogP contribution in [0.2, 0.25) is 5.02 Å². The summed E-state index contributed by atoms with van der Waals surface area (Å²) in [5.41, 5.74) is 0.549. The first-order valence-electron chi connectivity index (χ1n) is 8.77. The summed E-state index contributed by atoms with van der Waals surface area (Å²) in [6, 6.07) is 4.79. The van der Waals surface area contributed by atoms with Gasteiger partial charge in [0.05, 0.1) is 0 Å². The SMILES string of the molecule is O=C(CCC1CCNC1)N1CCN(Cc2c(F)cccc2Cl)CC1. The van der Waals surface area contributed by atoms with Crippen molar-refractivity contribution in [3.8, 4) is 0 Å². The Morgan fingerprint density at radius 3 is 2.75 bits per heavy atom. The molecule has 3 rings (SSSR count). The quantitative estimate of drug-likeness (QED) is 0.883. The molecule has 0 spiro atoms. The number of nitrogens with zero attached hydrogens (tertiary/aromatic N) is 2. The molecule has 0 aliphatic carbocycles. The van der Waals surface area contributed by atoms with E-state index >= 15 is 0 Å². The van der Waals surface area contributed by atoms with E-state index in [9.17, 15) is 9.18 Å². The van der Waals surface area contributed by atoms with Gasteiger partial charge in [0.2, 0.25) is 5.91 Å². The highest BCUT2D eigenvalue weighted by molar-refractivity contribution is 6.31. The molecule has 1 aromatic rings. The van der Waals surface area contributed by atoms with E-state index in [1.165, 1.54) is 12.5 Å². The zero-order valence-electron chi connectivity index (χ0n) is 13.9. The van der Waals surface area contributed by atoms with Gasteiger partial charge >= 0.3 is 0 Å². The number of carbonyl (C=O) groups excluding carboxylic acids is 1. The fourth-order valence-electron chi connectivity index (χ4n) is 3.51. The Balaban J connectivity index is 1.44. The molecular weight excluding hydrogens is 329 g/mol. The van der Waals surface area contributed by atoms with Gasteiger partial charge in [-0.25, -0.2) is 4.39 Å². The minimum atomic E-state index is -0.258. The number of benzene rings is 1. The van der Waals surface area contributed by atoms with E-state index in [0.717, 1.165) is 32.6 Å². The lowest BCUT2D eigenvalue weighted by Crippen LogP contribution is -2.48. The summed E-state index contributed by atoms with van der Waals surface area (Å²) < 4.78 is 13.9. The smallest absolute Gasteiger partial charge is 0.222 e. The lowest BCUT2D eigenvalue weighted by atomic mass is 10.0. The molecule has 0 bridgehead atoms. The van der Waals surface area contributed by atoms with E-state index in [1.54, 1.807) is 12.1 Å². The maximum atomic E-state index is 13.9. The van der Waals surface area contributed by atoms with Gasteiger partial charge in [-0.05, 0) is 44.0 Å². The van der Waals surface area contributed by atoms with Gasteiger partial charge in [-0.15, -0.1) is 0 Å². The van der Waals surface area contributed by atoms with Gasteiger partial charge in [0.1, 0.15) is 5.82 Å². The molecule has 2 saturated heterocycles. The van der Waals surface area contributed by atoms with Crippen molar-refractivity contribution >= 4 is 17.5 Å². The van der Waals surface area contributed by atoms with Gasteiger partial charge in [0.15, 0.2) is 0 Å². The van der Waals surface area contributed by atoms with Gasteiger partial charge < -0.3 is 10.2 Å². The van der Waals surface area contributed by atoms with E-state index in [2.05, 4.69) is 10.2 Å². The molecule has 2 aliphatic heterocycles. The van der Waals surface area contributed by atoms with Crippen molar-refractivity contribution in [2.45, 2.75) is 25.8 Å². The number of rotatable bonds is 5. The van der Waals surface area contributed by atoms with Crippen LogP contribution in [0.15, 0.2) is 18.2 Å². The Morgan fingerprint density at radius 2 is 2.08 bits per heavy atom. The van der Waals surface area contributed by atoms with Crippen molar-refractivity contribution in [3.63, 3.8) is 0 Å². The number of carbonyl (C=O) groups is 1. The maximum Gasteiger partial charge on any atom is 0.222 e. The lowest BCUT2D eigenvalue weighted by Gasteiger charge is -2.35. The van der Waals surface area contributed by atoms with E-state index < -0.39 is 0 Å². The number of amides is 1. The van der Waals surface area contributed by atoms with Crippen molar-refractivity contribution in [1.82, 2.24) is 15.1 Å². The lowest BCUT2D eigenvalue weighted by molar-refractivity contribution is -0.133. The van der Waals surface area contributed by atoms with E-state index in [-0.39, 0.29) is 11.7 Å². The van der Waals surface area contributed by atoms with Gasteiger partial charge in [0.25, 0.3) is 0 Å². The van der Waals surface area contributed by atoms with Crippen LogP contribution in [0.3, 0.4) is 0 Å². The maximum absolute atomic E-state index is 13.9. The first-order chi connectivity index (χ1) is 11.6. The molecule has 132 valence electrons. The molecule has 1 N–H and O–H groups in total. The molecule has 2 fully saturated rings. The Morgan fingerprint density at radius 1 is 1.29 bits per heavy atom. The van der Waals surface area contributed by atoms with Crippen LogP contribution < -0.4 is 5.32 Å². The summed E-state index contributed by atoms with van der Waals surface area (Å²) in [5, 5.41) is 3.81. The Kier molecular flexibility index (Phi) is 6.09. The highest BCUT2D eigenvalue weighted by Crippen LogP contribution is 2.22. The van der Waals surface area contributed by atoms with Gasteiger partial charge in [0, 0.05) is 49.7 Å². The average Bonchev–Trinajstić information content (AvgIpc) is 3.10. The number of piperazine rings is 1. The summed E-state index contributed by atoms with van der Waals surface area (Å²) in [7, 11) is 0. The second kappa shape index (κ2) is 8.28. The first-order valence-corrected chi connectivity index (χ1v) is 9.15. The highest BCUT2D eigenvalue weighted by Gasteiger charge is 2.23. The number of halogens is 2. The minimum Gasteiger partial charge on any atom is -0.340 e. The standard InChI is InChI=1S/C18H25ClFN3O/c19-16-2-1-3-17(20)15(16)13-22-8-10-23(11-9-22)18(24)5-4-14-6-7-21-12-14/h1-3,14,21H,4-13H2. The predicted octanol–water partition coefficient (Wildman–Crippen LogP) is 2.51. The van der Waals surface area contributed by atoms with Crippen molar-refractivity contribution in [2.75, 3.05) is 39.3 Å². The van der Waals surface area contributed by atoms with Crippen molar-refractivity contribution in [2.24, 2.45) is 5.92 Å². The predicted molar refractivity (Wildman–Crippen MR) is 93.5 cm³/mol. The van der Waals surface area contributed by atoms with Crippen molar-refractivity contribution < 1.29 is 9.18 Å². The average molecular weight is 354 g/mol. The molecule has 2 heterocycles. The third kappa shape index (κ3) is 4.47. The summed E-state index contributed by atoms with van der Waals surface area (Å²) in [5.74, 6) is 0.648. The zero-order chi connectivity index (χ0) is 16.9. The van der Waals surface area contributed by atoms with Gasteiger partial charge in [-0.3, -0.25) is 9.69 Å². The first kappa shape index (κ1) is 17.6. The van der Waals surface area contributed by atoms with E-state index in [0.29, 0.717) is 42.6 Å². The van der Waals surface area contributed by atoms with Crippen LogP contribution >= 0.6 is 11.6 Å². The number of hydrogen-bond donors (Lipinski definition) is 1. The van der Waals surface area contributed by atoms with Gasteiger partial charge in [-0.1, -0.05) is 17.7 Å². The molecule has 0 aromatic heterocycles. The number of hydrogen-bond acceptors (Lipinski definition) is 3. The van der Waals surface area contributed by atoms with Crippen LogP contribution in [0.5, 0.6) is 0 Å². The van der Waals surface area contributed by atoms with Crippen molar-refractivity contribution in [1.29, 1.82) is 0 Å². The molecule has 24 heavy (non-hydrogen) atoms. The van der Waals surface area contributed by atoms with Crippen LogP contribution in [-0.2, 0) is 11.3 Å². The molecule has 0 saturated carbocycles. The second-order valence-electron chi connectivity index (χ2n) is 6.75. The van der Waals surface area contributed by atoms with Gasteiger partial charge in [-0.2, -0.15) is 0 Å². The molecule has 0 radical (unpaired) electrons. The zero-order valence-corrected chi connectivity index (χ0v) is 14.7. The highest BCUT2D eigenvalue weighted by atomic mass is 35.5. The van der Waals surface area contributed by atoms with Crippen LogP contribution in [0.25, 0.3) is 0 Å². The molecule has 1 amide bonds. The Labute approximate surface area is 147 Å². The third-order valence-electron chi connectivity index (χ3n) is 5.10. The molecule has 1 unspecified atom stereocenters. The van der Waals surface area contributed by atoms with E-state index in [1.807, 2.05) is 4.90 Å². The van der Waals surface area contributed by atoms with Crippen LogP contribution in [0, 0.1) is 11.7 Å². The fraction of sp³-hybridized carbons (Fsp3) is 0.611. The van der Waals surface area contributed by atoms with Crippen LogP contribution in [-0.4, -0.2) is 55.0 Å². The minimum absolute atomic E-state index is 0.255. The second-order valence-corrected chi connectivity index (χ2v) is 7.16. The topological polar surface area (TPSA) is 35.6 Å². The molecule has 1 atom stereocenters. The Bertz CT molecular complexity index is 549. The Hall–Kier alpha value is -1.17. The fourth-order valence-corrected chi connectivity index (χ4v) is 3.73. The van der Waals surface area contributed by atoms with Crippen LogP contribution in [0.1, 0.15) is 24.8 Å². The summed E-state index contributed by atoms with van der Waals surface area (Å²) in [6.45, 7) is 5.59. The largest absolute Gasteiger partial charge is 0.340 e. The summed E-state index contributed by atoms with van der Waals surface area (Å²) in [6.07, 6.45) is 2.81. The molecule has 1 aromatic carbocycles. The normalized spacial score (nSPS) is 22.1. The third-order valence-corrected chi connectivity index (χ3v) is 5.45.